The Bertz CT molecular complexity index is 923. The number of nitrogens with one attached hydrogen (secondary N) is 2. The summed E-state index contributed by atoms with van der Waals surface area (Å²) in [5.74, 6) is 1.39. The summed E-state index contributed by atoms with van der Waals surface area (Å²) in [5.41, 5.74) is 3.91. The number of benzene rings is 1. The normalized spacial score (nSPS) is 14.3. The van der Waals surface area contributed by atoms with Crippen molar-refractivity contribution < 1.29 is 0 Å². The van der Waals surface area contributed by atoms with Crippen LogP contribution in [-0.4, -0.2) is 21.0 Å². The Kier molecular flexibility index (Phi) is 5.21. The van der Waals surface area contributed by atoms with Crippen molar-refractivity contribution in [3.63, 3.8) is 0 Å². The van der Waals surface area contributed by atoms with Gasteiger partial charge >= 0.3 is 0 Å². The Balaban J connectivity index is 1.69. The summed E-state index contributed by atoms with van der Waals surface area (Å²) < 4.78 is 0. The van der Waals surface area contributed by atoms with E-state index in [1.165, 1.54) is 25.7 Å². The smallest absolute Gasteiger partial charge is 0.225 e. The molecule has 2 N–H and O–H groups in total. The van der Waals surface area contributed by atoms with Crippen LogP contribution in [0.3, 0.4) is 0 Å². The quantitative estimate of drug-likeness (QED) is 0.604. The number of aromatic nitrogens is 3. The molecule has 0 amide bonds. The van der Waals surface area contributed by atoms with Gasteiger partial charge in [0.15, 0.2) is 0 Å². The van der Waals surface area contributed by atoms with E-state index < -0.39 is 0 Å². The van der Waals surface area contributed by atoms with Crippen molar-refractivity contribution in [1.82, 2.24) is 15.0 Å². The van der Waals surface area contributed by atoms with Crippen LogP contribution >= 0.6 is 11.6 Å². The van der Waals surface area contributed by atoms with E-state index in [9.17, 15) is 0 Å². The first-order valence-corrected chi connectivity index (χ1v) is 9.64. The summed E-state index contributed by atoms with van der Waals surface area (Å²) in [6.07, 6.45) is 8.40. The van der Waals surface area contributed by atoms with Crippen molar-refractivity contribution in [3.8, 4) is 11.3 Å². The van der Waals surface area contributed by atoms with Crippen LogP contribution < -0.4 is 10.6 Å². The van der Waals surface area contributed by atoms with Gasteiger partial charge in [0.2, 0.25) is 5.95 Å². The fourth-order valence-corrected chi connectivity index (χ4v) is 3.54. The van der Waals surface area contributed by atoms with Crippen molar-refractivity contribution in [1.29, 1.82) is 0 Å². The lowest BCUT2D eigenvalue weighted by atomic mass is 10.2. The Morgan fingerprint density at radius 1 is 1.00 bits per heavy atom. The fourth-order valence-electron chi connectivity index (χ4n) is 3.37. The molecule has 0 atom stereocenters. The fraction of sp³-hybridized carbons (Fsp3) is 0.286. The number of anilines is 3. The summed E-state index contributed by atoms with van der Waals surface area (Å²) in [6, 6.07) is 12.1. The molecule has 1 saturated carbocycles. The molecule has 0 aliphatic heterocycles. The predicted molar refractivity (Wildman–Crippen MR) is 111 cm³/mol. The first-order chi connectivity index (χ1) is 13.2. The minimum Gasteiger partial charge on any atom is -0.351 e. The lowest BCUT2D eigenvalue weighted by Crippen LogP contribution is -2.17. The molecule has 6 heteroatoms. The Labute approximate surface area is 164 Å². The largest absolute Gasteiger partial charge is 0.351 e. The average Bonchev–Trinajstić information content (AvgIpc) is 3.18. The first kappa shape index (κ1) is 17.7. The zero-order valence-corrected chi connectivity index (χ0v) is 16.0. The van der Waals surface area contributed by atoms with Crippen LogP contribution in [0.1, 0.15) is 31.2 Å². The molecular formula is C21H22ClN5. The van der Waals surface area contributed by atoms with E-state index in [0.29, 0.717) is 17.0 Å². The highest BCUT2D eigenvalue weighted by atomic mass is 35.5. The van der Waals surface area contributed by atoms with Gasteiger partial charge in [0.05, 0.1) is 5.69 Å². The molecule has 1 aromatic carbocycles. The maximum Gasteiger partial charge on any atom is 0.225 e. The second-order valence-corrected chi connectivity index (χ2v) is 7.34. The molecule has 27 heavy (non-hydrogen) atoms. The second kappa shape index (κ2) is 7.92. The van der Waals surface area contributed by atoms with E-state index >= 15 is 0 Å². The van der Waals surface area contributed by atoms with Crippen LogP contribution in [0.25, 0.3) is 11.3 Å². The third kappa shape index (κ3) is 4.37. The zero-order valence-electron chi connectivity index (χ0n) is 15.2. The molecule has 138 valence electrons. The highest BCUT2D eigenvalue weighted by Gasteiger charge is 2.17. The number of hydrogen-bond acceptors (Lipinski definition) is 5. The van der Waals surface area contributed by atoms with Gasteiger partial charge in [-0.25, -0.2) is 4.98 Å². The van der Waals surface area contributed by atoms with Crippen LogP contribution in [0.15, 0.2) is 48.8 Å². The van der Waals surface area contributed by atoms with E-state index in [-0.39, 0.29) is 0 Å². The van der Waals surface area contributed by atoms with E-state index in [0.717, 1.165) is 28.3 Å². The number of aryl methyl sites for hydroxylation is 1. The van der Waals surface area contributed by atoms with Gasteiger partial charge in [-0.2, -0.15) is 4.98 Å². The highest BCUT2D eigenvalue weighted by Crippen LogP contribution is 2.28. The number of halogens is 1. The number of hydrogen-bond donors (Lipinski definition) is 2. The van der Waals surface area contributed by atoms with Crippen molar-refractivity contribution >= 4 is 29.1 Å². The predicted octanol–water partition coefficient (Wildman–Crippen LogP) is 5.60. The molecule has 2 aromatic heterocycles. The van der Waals surface area contributed by atoms with Gasteiger partial charge in [-0.05, 0) is 49.6 Å². The highest BCUT2D eigenvalue weighted by molar-refractivity contribution is 6.30. The van der Waals surface area contributed by atoms with E-state index in [4.69, 9.17) is 21.6 Å². The lowest BCUT2D eigenvalue weighted by Gasteiger charge is -2.15. The molecule has 3 aromatic rings. The molecule has 0 radical (unpaired) electrons. The van der Waals surface area contributed by atoms with Crippen LogP contribution in [0.4, 0.5) is 17.5 Å². The maximum absolute atomic E-state index is 6.16. The molecule has 0 saturated heterocycles. The zero-order chi connectivity index (χ0) is 18.6. The summed E-state index contributed by atoms with van der Waals surface area (Å²) >= 11 is 6.16. The maximum atomic E-state index is 6.16. The van der Waals surface area contributed by atoms with Gasteiger partial charge in [0.25, 0.3) is 0 Å². The molecule has 0 bridgehead atoms. The molecule has 1 fully saturated rings. The van der Waals surface area contributed by atoms with Gasteiger partial charge < -0.3 is 10.6 Å². The number of rotatable bonds is 5. The van der Waals surface area contributed by atoms with Gasteiger partial charge in [-0.15, -0.1) is 0 Å². The van der Waals surface area contributed by atoms with Gasteiger partial charge in [-0.3, -0.25) is 4.98 Å². The SMILES string of the molecule is Cc1ccc(Cl)cc1Nc1cc(-c2ccncc2)nc(NC2CCCC2)n1. The monoisotopic (exact) mass is 379 g/mol. The minimum atomic E-state index is 0.443. The molecule has 2 heterocycles. The van der Waals surface area contributed by atoms with Crippen molar-refractivity contribution in [2.45, 2.75) is 38.6 Å². The third-order valence-electron chi connectivity index (χ3n) is 4.85. The second-order valence-electron chi connectivity index (χ2n) is 6.91. The van der Waals surface area contributed by atoms with Crippen LogP contribution in [0, 0.1) is 6.92 Å². The van der Waals surface area contributed by atoms with E-state index in [1.807, 2.05) is 43.3 Å². The van der Waals surface area contributed by atoms with E-state index in [2.05, 4.69) is 15.6 Å². The molecule has 4 rings (SSSR count). The molecule has 0 unspecified atom stereocenters. The Morgan fingerprint density at radius 2 is 1.78 bits per heavy atom. The summed E-state index contributed by atoms with van der Waals surface area (Å²) in [6.45, 7) is 2.04. The van der Waals surface area contributed by atoms with Crippen molar-refractivity contribution in [2.75, 3.05) is 10.6 Å². The van der Waals surface area contributed by atoms with Crippen molar-refractivity contribution in [3.05, 3.63) is 59.4 Å². The van der Waals surface area contributed by atoms with Crippen LogP contribution in [0.2, 0.25) is 5.02 Å². The third-order valence-corrected chi connectivity index (χ3v) is 5.09. The molecule has 5 nitrogen and oxygen atoms in total. The van der Waals surface area contributed by atoms with E-state index in [1.54, 1.807) is 12.4 Å². The first-order valence-electron chi connectivity index (χ1n) is 9.26. The molecule has 0 spiro atoms. The van der Waals surface area contributed by atoms with Crippen molar-refractivity contribution in [2.24, 2.45) is 0 Å². The molecule has 1 aliphatic rings. The number of nitrogens with zero attached hydrogens (tertiary/aromatic N) is 3. The minimum absolute atomic E-state index is 0.443. The average molecular weight is 380 g/mol. The summed E-state index contributed by atoms with van der Waals surface area (Å²) in [7, 11) is 0. The van der Waals surface area contributed by atoms with Crippen LogP contribution in [-0.2, 0) is 0 Å². The molecular weight excluding hydrogens is 358 g/mol. The standard InChI is InChI=1S/C21H22ClN5/c1-14-6-7-16(22)12-18(14)25-20-13-19(15-8-10-23-11-9-15)26-21(27-20)24-17-4-2-3-5-17/h6-13,17H,2-5H2,1H3,(H2,24,25,26,27). The number of pyridine rings is 1. The summed E-state index contributed by atoms with van der Waals surface area (Å²) in [5, 5.41) is 7.59. The molecule has 1 aliphatic carbocycles. The Hall–Kier alpha value is -2.66. The summed E-state index contributed by atoms with van der Waals surface area (Å²) in [4.78, 5) is 13.5. The van der Waals surface area contributed by atoms with Gasteiger partial charge in [-0.1, -0.05) is 30.5 Å². The lowest BCUT2D eigenvalue weighted by molar-refractivity contribution is 0.744. The Morgan fingerprint density at radius 3 is 2.56 bits per heavy atom. The van der Waals surface area contributed by atoms with Gasteiger partial charge in [0, 0.05) is 40.8 Å². The topological polar surface area (TPSA) is 62.7 Å². The van der Waals surface area contributed by atoms with Crippen LogP contribution in [0.5, 0.6) is 0 Å². The van der Waals surface area contributed by atoms with Gasteiger partial charge in [0.1, 0.15) is 5.82 Å².